The molecule has 0 saturated heterocycles. The van der Waals surface area contributed by atoms with Gasteiger partial charge in [-0.3, -0.25) is 0 Å². The van der Waals surface area contributed by atoms with Crippen LogP contribution in [0.5, 0.6) is 11.5 Å². The van der Waals surface area contributed by atoms with Gasteiger partial charge in [-0.1, -0.05) is 24.3 Å². The first-order valence-electron chi connectivity index (χ1n) is 7.78. The summed E-state index contributed by atoms with van der Waals surface area (Å²) in [7, 11) is 3.41. The molecule has 0 spiro atoms. The van der Waals surface area contributed by atoms with E-state index < -0.39 is 0 Å². The average molecular weight is 299 g/mol. The molecule has 0 aliphatic carbocycles. The van der Waals surface area contributed by atoms with E-state index in [1.807, 2.05) is 24.3 Å². The molecule has 0 bridgehead atoms. The lowest BCUT2D eigenvalue weighted by atomic mass is 10.1. The van der Waals surface area contributed by atoms with Crippen molar-refractivity contribution < 1.29 is 9.47 Å². The first-order valence-corrected chi connectivity index (χ1v) is 7.78. The minimum absolute atomic E-state index is 0.926. The average Bonchev–Trinajstić information content (AvgIpc) is 2.58. The van der Waals surface area contributed by atoms with Crippen molar-refractivity contribution >= 4 is 0 Å². The van der Waals surface area contributed by atoms with Crippen LogP contribution in [0.3, 0.4) is 0 Å². The minimum Gasteiger partial charge on any atom is -0.497 e. The predicted molar refractivity (Wildman–Crippen MR) is 90.9 cm³/mol. The second-order valence-corrected chi connectivity index (χ2v) is 5.31. The van der Waals surface area contributed by atoms with Gasteiger partial charge in [-0.25, -0.2) is 0 Å². The van der Waals surface area contributed by atoms with Crippen molar-refractivity contribution in [1.29, 1.82) is 0 Å². The van der Waals surface area contributed by atoms with Gasteiger partial charge in [-0.15, -0.1) is 0 Å². The van der Waals surface area contributed by atoms with Crippen LogP contribution < -0.4 is 14.8 Å². The number of aryl methyl sites for hydroxylation is 1. The normalized spacial score (nSPS) is 10.5. The molecule has 0 heterocycles. The van der Waals surface area contributed by atoms with Gasteiger partial charge in [0.25, 0.3) is 0 Å². The van der Waals surface area contributed by atoms with Crippen LogP contribution in [0.25, 0.3) is 0 Å². The Morgan fingerprint density at radius 3 is 1.95 bits per heavy atom. The Bertz CT molecular complexity index is 517. The van der Waals surface area contributed by atoms with Crippen LogP contribution in [-0.4, -0.2) is 27.3 Å². The summed E-state index contributed by atoms with van der Waals surface area (Å²) in [5.74, 6) is 1.86. The first kappa shape index (κ1) is 16.4. The van der Waals surface area contributed by atoms with Gasteiger partial charge < -0.3 is 14.8 Å². The van der Waals surface area contributed by atoms with Crippen molar-refractivity contribution in [2.24, 2.45) is 0 Å². The Labute approximate surface area is 133 Å². The third-order valence-corrected chi connectivity index (χ3v) is 3.68. The summed E-state index contributed by atoms with van der Waals surface area (Å²) in [6, 6.07) is 16.5. The molecular formula is C19H25NO2. The molecule has 2 rings (SSSR count). The van der Waals surface area contributed by atoms with E-state index in [-0.39, 0.29) is 0 Å². The molecule has 0 aliphatic heterocycles. The van der Waals surface area contributed by atoms with E-state index in [2.05, 4.69) is 29.6 Å². The summed E-state index contributed by atoms with van der Waals surface area (Å²) in [5, 5.41) is 3.50. The molecule has 2 aromatic rings. The lowest BCUT2D eigenvalue weighted by molar-refractivity contribution is 0.414. The molecular weight excluding hydrogens is 274 g/mol. The summed E-state index contributed by atoms with van der Waals surface area (Å²) in [4.78, 5) is 0. The standard InChI is InChI=1S/C19H25NO2/c1-21-18-9-3-6-16(14-18)8-5-12-20-13-11-17-7-4-10-19(15-17)22-2/h3-4,6-7,9-10,14-15,20H,5,8,11-13H2,1-2H3. The monoisotopic (exact) mass is 299 g/mol. The Kier molecular flexibility index (Phi) is 6.78. The van der Waals surface area contributed by atoms with Crippen molar-refractivity contribution in [2.75, 3.05) is 27.3 Å². The van der Waals surface area contributed by atoms with Crippen LogP contribution in [0.4, 0.5) is 0 Å². The molecule has 0 fully saturated rings. The minimum atomic E-state index is 0.926. The molecule has 0 amide bonds. The number of hydrogen-bond acceptors (Lipinski definition) is 3. The molecule has 0 aromatic heterocycles. The van der Waals surface area contributed by atoms with Crippen molar-refractivity contribution in [3.05, 3.63) is 59.7 Å². The topological polar surface area (TPSA) is 30.5 Å². The second kappa shape index (κ2) is 9.11. The van der Waals surface area contributed by atoms with Gasteiger partial charge in [0.1, 0.15) is 11.5 Å². The van der Waals surface area contributed by atoms with Crippen LogP contribution in [0, 0.1) is 0 Å². The molecule has 118 valence electrons. The maximum atomic E-state index is 5.24. The van der Waals surface area contributed by atoms with Crippen LogP contribution in [0.1, 0.15) is 17.5 Å². The highest BCUT2D eigenvalue weighted by Crippen LogP contribution is 2.14. The molecule has 3 nitrogen and oxygen atoms in total. The molecule has 0 unspecified atom stereocenters. The van der Waals surface area contributed by atoms with Gasteiger partial charge in [0.15, 0.2) is 0 Å². The van der Waals surface area contributed by atoms with E-state index in [9.17, 15) is 0 Å². The van der Waals surface area contributed by atoms with Crippen LogP contribution in [-0.2, 0) is 12.8 Å². The molecule has 0 aliphatic rings. The number of ether oxygens (including phenoxy) is 2. The maximum absolute atomic E-state index is 5.24. The van der Waals surface area contributed by atoms with Crippen LogP contribution in [0.2, 0.25) is 0 Å². The Morgan fingerprint density at radius 2 is 1.36 bits per heavy atom. The second-order valence-electron chi connectivity index (χ2n) is 5.31. The first-order chi connectivity index (χ1) is 10.8. The lowest BCUT2D eigenvalue weighted by Gasteiger charge is -2.07. The van der Waals surface area contributed by atoms with E-state index >= 15 is 0 Å². The van der Waals surface area contributed by atoms with Crippen molar-refractivity contribution in [3.63, 3.8) is 0 Å². The highest BCUT2D eigenvalue weighted by atomic mass is 16.5. The van der Waals surface area contributed by atoms with Gasteiger partial charge in [-0.05, 0) is 67.7 Å². The lowest BCUT2D eigenvalue weighted by Crippen LogP contribution is -2.19. The molecule has 0 atom stereocenters. The van der Waals surface area contributed by atoms with E-state index in [1.165, 1.54) is 11.1 Å². The number of benzene rings is 2. The van der Waals surface area contributed by atoms with Gasteiger partial charge in [0, 0.05) is 0 Å². The number of hydrogen-bond donors (Lipinski definition) is 1. The molecule has 0 radical (unpaired) electrons. The molecule has 3 heteroatoms. The van der Waals surface area contributed by atoms with Crippen LogP contribution in [0.15, 0.2) is 48.5 Å². The zero-order valence-corrected chi connectivity index (χ0v) is 13.5. The summed E-state index contributed by atoms with van der Waals surface area (Å²) < 4.78 is 10.5. The highest BCUT2D eigenvalue weighted by molar-refractivity contribution is 5.29. The molecule has 22 heavy (non-hydrogen) atoms. The fourth-order valence-electron chi connectivity index (χ4n) is 2.43. The van der Waals surface area contributed by atoms with E-state index in [0.29, 0.717) is 0 Å². The van der Waals surface area contributed by atoms with Gasteiger partial charge in [0.2, 0.25) is 0 Å². The third-order valence-electron chi connectivity index (χ3n) is 3.68. The predicted octanol–water partition coefficient (Wildman–Crippen LogP) is 3.47. The van der Waals surface area contributed by atoms with Gasteiger partial charge >= 0.3 is 0 Å². The molecule has 0 saturated carbocycles. The third kappa shape index (κ3) is 5.41. The largest absolute Gasteiger partial charge is 0.497 e. The van der Waals surface area contributed by atoms with E-state index in [0.717, 1.165) is 43.9 Å². The zero-order chi connectivity index (χ0) is 15.6. The Morgan fingerprint density at radius 1 is 0.773 bits per heavy atom. The van der Waals surface area contributed by atoms with Crippen molar-refractivity contribution in [1.82, 2.24) is 5.32 Å². The molecule has 2 aromatic carbocycles. The summed E-state index contributed by atoms with van der Waals surface area (Å²) in [6.07, 6.45) is 3.23. The van der Waals surface area contributed by atoms with Gasteiger partial charge in [0.05, 0.1) is 14.2 Å². The number of nitrogens with one attached hydrogen (secondary N) is 1. The van der Waals surface area contributed by atoms with E-state index in [1.54, 1.807) is 14.2 Å². The van der Waals surface area contributed by atoms with Crippen LogP contribution >= 0.6 is 0 Å². The van der Waals surface area contributed by atoms with Gasteiger partial charge in [-0.2, -0.15) is 0 Å². The number of rotatable bonds is 9. The quantitative estimate of drug-likeness (QED) is 0.719. The Hall–Kier alpha value is -2.00. The summed E-state index contributed by atoms with van der Waals surface area (Å²) in [5.41, 5.74) is 2.63. The number of methoxy groups -OCH3 is 2. The van der Waals surface area contributed by atoms with E-state index in [4.69, 9.17) is 9.47 Å². The fraction of sp³-hybridized carbons (Fsp3) is 0.368. The smallest absolute Gasteiger partial charge is 0.119 e. The van der Waals surface area contributed by atoms with Crippen molar-refractivity contribution in [2.45, 2.75) is 19.3 Å². The summed E-state index contributed by atoms with van der Waals surface area (Å²) >= 11 is 0. The molecule has 1 N–H and O–H groups in total. The zero-order valence-electron chi connectivity index (χ0n) is 13.5. The Balaban J connectivity index is 1.62. The maximum Gasteiger partial charge on any atom is 0.119 e. The summed E-state index contributed by atoms with van der Waals surface area (Å²) in [6.45, 7) is 2.02. The highest BCUT2D eigenvalue weighted by Gasteiger charge is 1.98. The SMILES string of the molecule is COc1cccc(CCCNCCc2cccc(OC)c2)c1. The fourth-order valence-corrected chi connectivity index (χ4v) is 2.43. The van der Waals surface area contributed by atoms with Crippen molar-refractivity contribution in [3.8, 4) is 11.5 Å².